The fourth-order valence-electron chi connectivity index (χ4n) is 3.07. The molecule has 2 atom stereocenters. The summed E-state index contributed by atoms with van der Waals surface area (Å²) in [5.74, 6) is 3.26. The van der Waals surface area contributed by atoms with Crippen LogP contribution in [0.1, 0.15) is 26.2 Å². The highest BCUT2D eigenvalue weighted by molar-refractivity contribution is 5.89. The zero-order valence-electron chi connectivity index (χ0n) is 12.2. The van der Waals surface area contributed by atoms with Gasteiger partial charge < -0.3 is 10.6 Å². The lowest BCUT2D eigenvalue weighted by Crippen LogP contribution is -2.13. The number of benzene rings is 1. The predicted molar refractivity (Wildman–Crippen MR) is 84.1 cm³/mol. The average molecular weight is 270 g/mol. The van der Waals surface area contributed by atoms with Crippen LogP contribution in [0.25, 0.3) is 10.9 Å². The van der Waals surface area contributed by atoms with Gasteiger partial charge in [0.25, 0.3) is 0 Å². The molecule has 0 spiro atoms. The summed E-state index contributed by atoms with van der Waals surface area (Å²) in [5.41, 5.74) is 0.981. The van der Waals surface area contributed by atoms with Gasteiger partial charge in [-0.1, -0.05) is 25.5 Å². The minimum Gasteiger partial charge on any atom is -0.369 e. The van der Waals surface area contributed by atoms with E-state index in [4.69, 9.17) is 0 Å². The molecule has 2 aromatic rings. The van der Waals surface area contributed by atoms with Crippen molar-refractivity contribution in [2.24, 2.45) is 11.8 Å². The van der Waals surface area contributed by atoms with E-state index in [9.17, 15) is 0 Å². The van der Waals surface area contributed by atoms with E-state index in [1.807, 2.05) is 25.2 Å². The summed E-state index contributed by atoms with van der Waals surface area (Å²) in [5, 5.41) is 7.66. The molecule has 4 heteroatoms. The first-order valence-electron chi connectivity index (χ1n) is 7.44. The molecule has 0 radical (unpaired) electrons. The van der Waals surface area contributed by atoms with Gasteiger partial charge in [0.2, 0.25) is 5.95 Å². The van der Waals surface area contributed by atoms with Gasteiger partial charge in [-0.05, 0) is 36.8 Å². The number of fused-ring (bicyclic) bond motifs is 1. The van der Waals surface area contributed by atoms with E-state index >= 15 is 0 Å². The highest BCUT2D eigenvalue weighted by Gasteiger charge is 2.21. The molecular weight excluding hydrogens is 248 g/mol. The molecule has 0 saturated heterocycles. The quantitative estimate of drug-likeness (QED) is 0.892. The van der Waals surface area contributed by atoms with E-state index in [0.29, 0.717) is 5.95 Å². The molecule has 1 aliphatic rings. The maximum atomic E-state index is 4.57. The average Bonchev–Trinajstić information content (AvgIpc) is 2.90. The Hall–Kier alpha value is -1.84. The normalized spacial score (nSPS) is 22.1. The van der Waals surface area contributed by atoms with E-state index in [0.717, 1.165) is 35.1 Å². The summed E-state index contributed by atoms with van der Waals surface area (Å²) >= 11 is 0. The van der Waals surface area contributed by atoms with Crippen LogP contribution in [0.2, 0.25) is 0 Å². The number of aromatic nitrogens is 2. The Morgan fingerprint density at radius 2 is 2.05 bits per heavy atom. The van der Waals surface area contributed by atoms with Crippen molar-refractivity contribution in [1.29, 1.82) is 0 Å². The number of anilines is 2. The Bertz CT molecular complexity index is 596. The first-order valence-corrected chi connectivity index (χ1v) is 7.44. The van der Waals surface area contributed by atoms with Crippen LogP contribution in [0.4, 0.5) is 11.8 Å². The van der Waals surface area contributed by atoms with E-state index in [1.165, 1.54) is 19.3 Å². The van der Waals surface area contributed by atoms with E-state index in [2.05, 4.69) is 33.6 Å². The number of hydrogen-bond acceptors (Lipinski definition) is 4. The Morgan fingerprint density at radius 3 is 2.80 bits per heavy atom. The van der Waals surface area contributed by atoms with Gasteiger partial charge in [0, 0.05) is 19.0 Å². The molecule has 0 amide bonds. The smallest absolute Gasteiger partial charge is 0.224 e. The van der Waals surface area contributed by atoms with Crippen molar-refractivity contribution in [2.75, 3.05) is 24.2 Å². The molecule has 1 aromatic carbocycles. The first kappa shape index (κ1) is 13.2. The van der Waals surface area contributed by atoms with Crippen LogP contribution in [0.15, 0.2) is 24.3 Å². The molecule has 0 bridgehead atoms. The maximum Gasteiger partial charge on any atom is 0.224 e. The molecule has 106 valence electrons. The van der Waals surface area contributed by atoms with Crippen LogP contribution in [0.5, 0.6) is 0 Å². The van der Waals surface area contributed by atoms with Gasteiger partial charge in [-0.3, -0.25) is 0 Å². The van der Waals surface area contributed by atoms with Crippen molar-refractivity contribution >= 4 is 22.7 Å². The predicted octanol–water partition coefficient (Wildman–Crippen LogP) is 3.52. The van der Waals surface area contributed by atoms with Gasteiger partial charge in [-0.15, -0.1) is 0 Å². The summed E-state index contributed by atoms with van der Waals surface area (Å²) < 4.78 is 0. The molecule has 2 N–H and O–H groups in total. The second-order valence-corrected chi connectivity index (χ2v) is 5.83. The molecule has 2 unspecified atom stereocenters. The third-order valence-electron chi connectivity index (χ3n) is 4.19. The van der Waals surface area contributed by atoms with E-state index < -0.39 is 0 Å². The Morgan fingerprint density at radius 1 is 1.20 bits per heavy atom. The summed E-state index contributed by atoms with van der Waals surface area (Å²) in [4.78, 5) is 9.05. The minimum atomic E-state index is 0.672. The topological polar surface area (TPSA) is 49.8 Å². The maximum absolute atomic E-state index is 4.57. The lowest BCUT2D eigenvalue weighted by Gasteiger charge is -2.14. The SMILES string of the molecule is CNc1nc(NCC2CCC(C)C2)c2ccccc2n1. The third kappa shape index (κ3) is 2.69. The van der Waals surface area contributed by atoms with Crippen LogP contribution < -0.4 is 10.6 Å². The fourth-order valence-corrected chi connectivity index (χ4v) is 3.07. The Balaban J connectivity index is 1.82. The molecule has 1 aliphatic carbocycles. The van der Waals surface area contributed by atoms with Crippen LogP contribution in [-0.4, -0.2) is 23.6 Å². The third-order valence-corrected chi connectivity index (χ3v) is 4.19. The van der Waals surface area contributed by atoms with Crippen LogP contribution in [0, 0.1) is 11.8 Å². The summed E-state index contributed by atoms with van der Waals surface area (Å²) in [6.07, 6.45) is 4.02. The first-order chi connectivity index (χ1) is 9.76. The Labute approximate surface area is 120 Å². The molecule has 20 heavy (non-hydrogen) atoms. The van der Waals surface area contributed by atoms with Crippen molar-refractivity contribution < 1.29 is 0 Å². The number of nitrogens with zero attached hydrogens (tertiary/aromatic N) is 2. The highest BCUT2D eigenvalue weighted by Crippen LogP contribution is 2.31. The monoisotopic (exact) mass is 270 g/mol. The molecule has 3 rings (SSSR count). The molecule has 1 fully saturated rings. The molecule has 1 saturated carbocycles. The number of nitrogens with one attached hydrogen (secondary N) is 2. The number of rotatable bonds is 4. The van der Waals surface area contributed by atoms with Crippen molar-refractivity contribution in [3.05, 3.63) is 24.3 Å². The van der Waals surface area contributed by atoms with Gasteiger partial charge in [0.1, 0.15) is 5.82 Å². The number of hydrogen-bond donors (Lipinski definition) is 2. The molecule has 1 heterocycles. The summed E-state index contributed by atoms with van der Waals surface area (Å²) in [6.45, 7) is 3.35. The molecule has 0 aliphatic heterocycles. The lowest BCUT2D eigenvalue weighted by atomic mass is 10.1. The minimum absolute atomic E-state index is 0.672. The van der Waals surface area contributed by atoms with Crippen LogP contribution in [-0.2, 0) is 0 Å². The fraction of sp³-hybridized carbons (Fsp3) is 0.500. The second kappa shape index (κ2) is 5.65. The molecule has 4 nitrogen and oxygen atoms in total. The van der Waals surface area contributed by atoms with Crippen molar-refractivity contribution in [1.82, 2.24) is 9.97 Å². The van der Waals surface area contributed by atoms with E-state index in [1.54, 1.807) is 0 Å². The van der Waals surface area contributed by atoms with Crippen molar-refractivity contribution in [3.63, 3.8) is 0 Å². The standard InChI is InChI=1S/C16H22N4/c1-11-7-8-12(9-11)10-18-15-13-5-3-4-6-14(13)19-16(17-2)20-15/h3-6,11-12H,7-10H2,1-2H3,(H2,17,18,19,20). The molecule has 1 aromatic heterocycles. The van der Waals surface area contributed by atoms with Crippen LogP contribution in [0.3, 0.4) is 0 Å². The van der Waals surface area contributed by atoms with Gasteiger partial charge in [-0.25, -0.2) is 4.98 Å². The van der Waals surface area contributed by atoms with Crippen molar-refractivity contribution in [2.45, 2.75) is 26.2 Å². The second-order valence-electron chi connectivity index (χ2n) is 5.83. The largest absolute Gasteiger partial charge is 0.369 e. The summed E-state index contributed by atoms with van der Waals surface area (Å²) in [7, 11) is 1.85. The Kier molecular flexibility index (Phi) is 3.72. The van der Waals surface area contributed by atoms with Gasteiger partial charge >= 0.3 is 0 Å². The lowest BCUT2D eigenvalue weighted by molar-refractivity contribution is 0.537. The van der Waals surface area contributed by atoms with Crippen molar-refractivity contribution in [3.8, 4) is 0 Å². The van der Waals surface area contributed by atoms with Gasteiger partial charge in [0.15, 0.2) is 0 Å². The van der Waals surface area contributed by atoms with E-state index in [-0.39, 0.29) is 0 Å². The number of para-hydroxylation sites is 1. The zero-order valence-corrected chi connectivity index (χ0v) is 12.2. The molecular formula is C16H22N4. The zero-order chi connectivity index (χ0) is 13.9. The van der Waals surface area contributed by atoms with Gasteiger partial charge in [0.05, 0.1) is 5.52 Å². The highest BCUT2D eigenvalue weighted by atomic mass is 15.1. The summed E-state index contributed by atoms with van der Waals surface area (Å²) in [6, 6.07) is 8.15. The van der Waals surface area contributed by atoms with Crippen LogP contribution >= 0.6 is 0 Å². The van der Waals surface area contributed by atoms with Gasteiger partial charge in [-0.2, -0.15) is 4.98 Å².